The molecule has 1 aliphatic rings. The topological polar surface area (TPSA) is 12.0 Å². The van der Waals surface area contributed by atoms with Gasteiger partial charge in [-0.25, -0.2) is 0 Å². The van der Waals surface area contributed by atoms with Crippen molar-refractivity contribution >= 4 is 28.3 Å². The van der Waals surface area contributed by atoms with E-state index in [1.807, 2.05) is 0 Å². The molecule has 12 heavy (non-hydrogen) atoms. The van der Waals surface area contributed by atoms with E-state index in [1.54, 1.807) is 0 Å². The van der Waals surface area contributed by atoms with Crippen LogP contribution in [0.15, 0.2) is 28.7 Å². The zero-order chi connectivity index (χ0) is 7.68. The Morgan fingerprint density at radius 3 is 2.58 bits per heavy atom. The molecule has 0 unspecified atom stereocenters. The van der Waals surface area contributed by atoms with Crippen molar-refractivity contribution in [3.05, 3.63) is 34.3 Å². The highest BCUT2D eigenvalue weighted by Crippen LogP contribution is 2.22. The van der Waals surface area contributed by atoms with Crippen LogP contribution in [-0.2, 0) is 0 Å². The van der Waals surface area contributed by atoms with E-state index in [0.29, 0.717) is 0 Å². The van der Waals surface area contributed by atoms with Crippen molar-refractivity contribution in [3.8, 4) is 0 Å². The number of hydrogen-bond acceptors (Lipinski definition) is 1. The van der Waals surface area contributed by atoms with E-state index < -0.39 is 0 Å². The van der Waals surface area contributed by atoms with Crippen LogP contribution in [0, 0.1) is 0 Å². The molecular formula is C9H11BrClN. The molecule has 0 aromatic heterocycles. The van der Waals surface area contributed by atoms with Gasteiger partial charge in [0, 0.05) is 23.5 Å². The predicted molar refractivity (Wildman–Crippen MR) is 57.0 cm³/mol. The maximum Gasteiger partial charge on any atom is 0.0178 e. The zero-order valence-electron chi connectivity index (χ0n) is 6.59. The van der Waals surface area contributed by atoms with Gasteiger partial charge in [-0.2, -0.15) is 0 Å². The van der Waals surface area contributed by atoms with Crippen LogP contribution in [0.1, 0.15) is 11.5 Å². The van der Waals surface area contributed by atoms with Gasteiger partial charge in [0.25, 0.3) is 0 Å². The summed E-state index contributed by atoms with van der Waals surface area (Å²) in [4.78, 5) is 0. The third kappa shape index (κ3) is 2.00. The second kappa shape index (κ2) is 4.26. The first-order valence-electron chi connectivity index (χ1n) is 3.82. The molecule has 0 atom stereocenters. The first-order valence-corrected chi connectivity index (χ1v) is 4.62. The average Bonchev–Trinajstić information content (AvgIpc) is 1.83. The number of benzene rings is 1. The minimum Gasteiger partial charge on any atom is -0.315 e. The van der Waals surface area contributed by atoms with Crippen molar-refractivity contribution in [1.29, 1.82) is 0 Å². The molecule has 1 nitrogen and oxygen atoms in total. The first-order chi connectivity index (χ1) is 5.36. The Labute approximate surface area is 87.1 Å². The number of hydrogen-bond donors (Lipinski definition) is 1. The summed E-state index contributed by atoms with van der Waals surface area (Å²) in [7, 11) is 0. The SMILES string of the molecule is Brc1cccc(C2CNC2)c1.Cl. The van der Waals surface area contributed by atoms with Gasteiger partial charge in [0.2, 0.25) is 0 Å². The Bertz CT molecular complexity index is 260. The van der Waals surface area contributed by atoms with Crippen LogP contribution in [-0.4, -0.2) is 13.1 Å². The summed E-state index contributed by atoms with van der Waals surface area (Å²) in [6.07, 6.45) is 0. The number of rotatable bonds is 1. The molecule has 2 rings (SSSR count). The van der Waals surface area contributed by atoms with Crippen LogP contribution >= 0.6 is 28.3 Å². The van der Waals surface area contributed by atoms with Crippen LogP contribution in [0.3, 0.4) is 0 Å². The Kier molecular flexibility index (Phi) is 3.56. The first kappa shape index (κ1) is 10.0. The molecule has 1 aliphatic heterocycles. The highest BCUT2D eigenvalue weighted by atomic mass is 79.9. The zero-order valence-corrected chi connectivity index (χ0v) is 8.99. The van der Waals surface area contributed by atoms with E-state index >= 15 is 0 Å². The second-order valence-electron chi connectivity index (χ2n) is 2.91. The van der Waals surface area contributed by atoms with Gasteiger partial charge in [0.05, 0.1) is 0 Å². The summed E-state index contributed by atoms with van der Waals surface area (Å²) in [5.41, 5.74) is 1.44. The van der Waals surface area contributed by atoms with E-state index in [2.05, 4.69) is 45.5 Å². The predicted octanol–water partition coefficient (Wildman–Crippen LogP) is 2.56. The summed E-state index contributed by atoms with van der Waals surface area (Å²) >= 11 is 3.46. The van der Waals surface area contributed by atoms with Crippen LogP contribution in [0.5, 0.6) is 0 Å². The highest BCUT2D eigenvalue weighted by molar-refractivity contribution is 9.10. The molecule has 0 saturated carbocycles. The third-order valence-corrected chi connectivity index (χ3v) is 2.59. The number of halogens is 2. The molecule has 1 heterocycles. The van der Waals surface area contributed by atoms with Crippen molar-refractivity contribution in [1.82, 2.24) is 5.32 Å². The van der Waals surface area contributed by atoms with Crippen molar-refractivity contribution in [2.75, 3.05) is 13.1 Å². The van der Waals surface area contributed by atoms with Crippen molar-refractivity contribution in [3.63, 3.8) is 0 Å². The molecule has 0 aliphatic carbocycles. The standard InChI is InChI=1S/C9H10BrN.ClH/c10-9-3-1-2-7(4-9)8-5-11-6-8;/h1-4,8,11H,5-6H2;1H. The number of nitrogens with one attached hydrogen (secondary N) is 1. The fourth-order valence-corrected chi connectivity index (χ4v) is 1.70. The van der Waals surface area contributed by atoms with Crippen LogP contribution in [0.4, 0.5) is 0 Å². The second-order valence-corrected chi connectivity index (χ2v) is 3.83. The molecule has 1 N–H and O–H groups in total. The molecule has 1 saturated heterocycles. The Morgan fingerprint density at radius 2 is 2.08 bits per heavy atom. The van der Waals surface area contributed by atoms with Gasteiger partial charge < -0.3 is 5.32 Å². The molecule has 0 radical (unpaired) electrons. The highest BCUT2D eigenvalue weighted by Gasteiger charge is 2.18. The summed E-state index contributed by atoms with van der Waals surface area (Å²) in [5.74, 6) is 0.743. The lowest BCUT2D eigenvalue weighted by Gasteiger charge is -2.27. The lowest BCUT2D eigenvalue weighted by molar-refractivity contribution is 0.448. The quantitative estimate of drug-likeness (QED) is 0.805. The third-order valence-electron chi connectivity index (χ3n) is 2.10. The van der Waals surface area contributed by atoms with Crippen molar-refractivity contribution < 1.29 is 0 Å². The molecule has 0 spiro atoms. The van der Waals surface area contributed by atoms with Gasteiger partial charge in [-0.05, 0) is 17.7 Å². The molecule has 3 heteroatoms. The lowest BCUT2D eigenvalue weighted by Crippen LogP contribution is -2.39. The minimum absolute atomic E-state index is 0. The van der Waals surface area contributed by atoms with Gasteiger partial charge in [-0.15, -0.1) is 12.4 Å². The van der Waals surface area contributed by atoms with E-state index in [4.69, 9.17) is 0 Å². The Morgan fingerprint density at radius 1 is 1.33 bits per heavy atom. The molecule has 0 amide bonds. The van der Waals surface area contributed by atoms with E-state index in [-0.39, 0.29) is 12.4 Å². The summed E-state index contributed by atoms with van der Waals surface area (Å²) in [5, 5.41) is 3.26. The van der Waals surface area contributed by atoms with E-state index in [1.165, 1.54) is 10.0 Å². The van der Waals surface area contributed by atoms with Gasteiger partial charge >= 0.3 is 0 Å². The smallest absolute Gasteiger partial charge is 0.0178 e. The van der Waals surface area contributed by atoms with E-state index in [9.17, 15) is 0 Å². The molecule has 1 fully saturated rings. The fourth-order valence-electron chi connectivity index (χ4n) is 1.28. The van der Waals surface area contributed by atoms with Crippen LogP contribution in [0.2, 0.25) is 0 Å². The average molecular weight is 249 g/mol. The molecular weight excluding hydrogens is 237 g/mol. The molecule has 0 bridgehead atoms. The maximum absolute atomic E-state index is 3.46. The van der Waals surface area contributed by atoms with E-state index in [0.717, 1.165) is 19.0 Å². The van der Waals surface area contributed by atoms with Gasteiger partial charge in [0.1, 0.15) is 0 Å². The monoisotopic (exact) mass is 247 g/mol. The molecule has 66 valence electrons. The molecule has 1 aromatic carbocycles. The summed E-state index contributed by atoms with van der Waals surface area (Å²) in [6, 6.07) is 8.55. The minimum atomic E-state index is 0. The normalized spacial score (nSPS) is 16.4. The van der Waals surface area contributed by atoms with Gasteiger partial charge in [-0.3, -0.25) is 0 Å². The van der Waals surface area contributed by atoms with Crippen molar-refractivity contribution in [2.45, 2.75) is 5.92 Å². The Hall–Kier alpha value is -0.0500. The fraction of sp³-hybridized carbons (Fsp3) is 0.333. The largest absolute Gasteiger partial charge is 0.315 e. The van der Waals surface area contributed by atoms with Crippen LogP contribution in [0.25, 0.3) is 0 Å². The maximum atomic E-state index is 3.46. The summed E-state index contributed by atoms with van der Waals surface area (Å²) in [6.45, 7) is 2.27. The van der Waals surface area contributed by atoms with Gasteiger partial charge in [-0.1, -0.05) is 28.1 Å². The Balaban J connectivity index is 0.000000720. The van der Waals surface area contributed by atoms with Crippen molar-refractivity contribution in [2.24, 2.45) is 0 Å². The van der Waals surface area contributed by atoms with Crippen LogP contribution < -0.4 is 5.32 Å². The molecule has 1 aromatic rings. The summed E-state index contributed by atoms with van der Waals surface area (Å²) < 4.78 is 1.18. The lowest BCUT2D eigenvalue weighted by atomic mass is 9.94. The van der Waals surface area contributed by atoms with Gasteiger partial charge in [0.15, 0.2) is 0 Å².